The molecule has 0 atom stereocenters. The number of nitrogens with one attached hydrogen (secondary N) is 2. The lowest BCUT2D eigenvalue weighted by Gasteiger charge is -2.07. The van der Waals surface area contributed by atoms with E-state index in [9.17, 15) is 13.2 Å². The van der Waals surface area contributed by atoms with E-state index in [0.717, 1.165) is 11.3 Å². The fourth-order valence-corrected chi connectivity index (χ4v) is 3.35. The Morgan fingerprint density at radius 1 is 1.20 bits per heavy atom. The molecule has 8 heteroatoms. The van der Waals surface area contributed by atoms with Crippen molar-refractivity contribution in [3.05, 3.63) is 81.7 Å². The van der Waals surface area contributed by atoms with E-state index in [1.165, 1.54) is 18.4 Å². The molecule has 0 amide bonds. The van der Waals surface area contributed by atoms with Crippen molar-refractivity contribution in [2.24, 2.45) is 0 Å². The van der Waals surface area contributed by atoms with Crippen molar-refractivity contribution in [1.29, 1.82) is 0 Å². The van der Waals surface area contributed by atoms with E-state index in [1.807, 2.05) is 0 Å². The number of furan rings is 1. The first kappa shape index (κ1) is 17.1. The van der Waals surface area contributed by atoms with Gasteiger partial charge in [0.25, 0.3) is 5.56 Å². The minimum Gasteiger partial charge on any atom is -0.468 e. The van der Waals surface area contributed by atoms with Crippen LogP contribution in [0.2, 0.25) is 0 Å². The largest absolute Gasteiger partial charge is 0.468 e. The van der Waals surface area contributed by atoms with Gasteiger partial charge in [-0.15, -0.1) is 0 Å². The highest BCUT2D eigenvalue weighted by Crippen LogP contribution is 2.13. The molecule has 0 aliphatic heterocycles. The molecule has 0 unspecified atom stereocenters. The molecule has 3 rings (SSSR count). The van der Waals surface area contributed by atoms with Gasteiger partial charge in [-0.1, -0.05) is 12.1 Å². The zero-order valence-corrected chi connectivity index (χ0v) is 14.3. The molecule has 7 nitrogen and oxygen atoms in total. The summed E-state index contributed by atoms with van der Waals surface area (Å²) in [5.41, 5.74) is 1.89. The topological polar surface area (TPSA) is 105 Å². The Morgan fingerprint density at radius 3 is 2.64 bits per heavy atom. The van der Waals surface area contributed by atoms with Crippen molar-refractivity contribution in [3.63, 3.8) is 0 Å². The van der Waals surface area contributed by atoms with Gasteiger partial charge in [0.05, 0.1) is 23.4 Å². The predicted octanol–water partition coefficient (Wildman–Crippen LogP) is 1.74. The van der Waals surface area contributed by atoms with E-state index >= 15 is 0 Å². The Hall–Kier alpha value is -2.71. The summed E-state index contributed by atoms with van der Waals surface area (Å²) >= 11 is 0. The molecule has 0 bridgehead atoms. The third kappa shape index (κ3) is 4.23. The number of aromatic amines is 1. The van der Waals surface area contributed by atoms with Crippen molar-refractivity contribution in [2.75, 3.05) is 0 Å². The van der Waals surface area contributed by atoms with Gasteiger partial charge in [-0.3, -0.25) is 4.79 Å². The fourth-order valence-electron chi connectivity index (χ4n) is 2.36. The number of benzene rings is 1. The summed E-state index contributed by atoms with van der Waals surface area (Å²) in [4.78, 5) is 11.9. The van der Waals surface area contributed by atoms with E-state index in [4.69, 9.17) is 4.42 Å². The van der Waals surface area contributed by atoms with Gasteiger partial charge in [-0.25, -0.2) is 18.2 Å². The normalized spacial score (nSPS) is 11.6. The summed E-state index contributed by atoms with van der Waals surface area (Å²) in [7, 11) is -3.63. The molecule has 2 N–H and O–H groups in total. The summed E-state index contributed by atoms with van der Waals surface area (Å²) in [5, 5.41) is 6.27. The molecule has 0 radical (unpaired) electrons. The number of hydrogen-bond acceptors (Lipinski definition) is 5. The summed E-state index contributed by atoms with van der Waals surface area (Å²) in [6, 6.07) is 11.5. The van der Waals surface area contributed by atoms with Crippen LogP contribution >= 0.6 is 0 Å². The lowest BCUT2D eigenvalue weighted by Crippen LogP contribution is -2.23. The molecular formula is C17H17N3O4S. The van der Waals surface area contributed by atoms with Crippen molar-refractivity contribution in [2.45, 2.75) is 24.8 Å². The van der Waals surface area contributed by atoms with Crippen LogP contribution in [0.4, 0.5) is 0 Å². The minimum atomic E-state index is -3.63. The number of aryl methyl sites for hydroxylation is 1. The third-order valence-electron chi connectivity index (χ3n) is 3.65. The molecule has 0 fully saturated rings. The molecule has 3 aromatic rings. The average molecular weight is 359 g/mol. The third-order valence-corrected chi connectivity index (χ3v) is 5.07. The van der Waals surface area contributed by atoms with Gasteiger partial charge in [0.15, 0.2) is 0 Å². The van der Waals surface area contributed by atoms with Crippen LogP contribution in [0.3, 0.4) is 0 Å². The van der Waals surface area contributed by atoms with Crippen molar-refractivity contribution in [3.8, 4) is 0 Å². The number of aromatic nitrogens is 2. The summed E-state index contributed by atoms with van der Waals surface area (Å²) in [5.74, 6) is 0.535. The highest BCUT2D eigenvalue weighted by Gasteiger charge is 2.14. The first-order valence-corrected chi connectivity index (χ1v) is 9.08. The van der Waals surface area contributed by atoms with E-state index in [0.29, 0.717) is 17.7 Å². The first-order valence-electron chi connectivity index (χ1n) is 7.60. The highest BCUT2D eigenvalue weighted by atomic mass is 32.2. The zero-order valence-electron chi connectivity index (χ0n) is 13.5. The molecule has 2 aromatic heterocycles. The fraction of sp³-hybridized carbons (Fsp3) is 0.176. The average Bonchev–Trinajstić information content (AvgIpc) is 3.11. The summed E-state index contributed by atoms with van der Waals surface area (Å²) in [6.07, 6.45) is 1.89. The van der Waals surface area contributed by atoms with Crippen LogP contribution in [0.15, 0.2) is 62.8 Å². The lowest BCUT2D eigenvalue weighted by atomic mass is 10.1. The second-order valence-corrected chi connectivity index (χ2v) is 7.36. The maximum atomic E-state index is 12.3. The number of sulfonamides is 1. The molecule has 130 valence electrons. The molecule has 0 spiro atoms. The molecule has 0 aliphatic rings. The Kier molecular flexibility index (Phi) is 4.82. The smallest absolute Gasteiger partial charge is 0.267 e. The number of rotatable bonds is 6. The van der Waals surface area contributed by atoms with Gasteiger partial charge < -0.3 is 4.42 Å². The van der Waals surface area contributed by atoms with Gasteiger partial charge >= 0.3 is 0 Å². The number of H-pyrrole nitrogens is 1. The standard InChI is InChI=1S/C17H17N3O4S/c1-12-9-14(17(21)20-19-12)10-13-4-6-16(7-5-13)25(22,23)18-11-15-3-2-8-24-15/h2-9,18H,10-11H2,1H3,(H,20,21). The molecule has 0 aliphatic carbocycles. The minimum absolute atomic E-state index is 0.0861. The van der Waals surface area contributed by atoms with Crippen LogP contribution in [0.25, 0.3) is 0 Å². The van der Waals surface area contributed by atoms with E-state index in [2.05, 4.69) is 14.9 Å². The second kappa shape index (κ2) is 7.04. The lowest BCUT2D eigenvalue weighted by molar-refractivity contribution is 0.498. The van der Waals surface area contributed by atoms with Crippen molar-refractivity contribution < 1.29 is 12.8 Å². The van der Waals surface area contributed by atoms with Gasteiger partial charge in [0, 0.05) is 12.0 Å². The van der Waals surface area contributed by atoms with Crippen LogP contribution in [0.5, 0.6) is 0 Å². The van der Waals surface area contributed by atoms with Crippen LogP contribution in [0.1, 0.15) is 22.6 Å². The predicted molar refractivity (Wildman–Crippen MR) is 91.6 cm³/mol. The van der Waals surface area contributed by atoms with Crippen molar-refractivity contribution >= 4 is 10.0 Å². The van der Waals surface area contributed by atoms with Gasteiger partial charge in [0.1, 0.15) is 5.76 Å². The van der Waals surface area contributed by atoms with Crippen LogP contribution in [0, 0.1) is 6.92 Å². The van der Waals surface area contributed by atoms with E-state index in [-0.39, 0.29) is 17.0 Å². The Balaban J connectivity index is 1.73. The van der Waals surface area contributed by atoms with Gasteiger partial charge in [-0.05, 0) is 42.8 Å². The molecule has 0 saturated heterocycles. The Labute approximate surface area is 144 Å². The van der Waals surface area contributed by atoms with E-state index < -0.39 is 10.0 Å². The summed E-state index contributed by atoms with van der Waals surface area (Å²) < 4.78 is 32.1. The van der Waals surface area contributed by atoms with Crippen LogP contribution in [-0.4, -0.2) is 18.6 Å². The van der Waals surface area contributed by atoms with Crippen LogP contribution < -0.4 is 10.3 Å². The molecule has 0 saturated carbocycles. The first-order chi connectivity index (χ1) is 11.9. The molecular weight excluding hydrogens is 342 g/mol. The maximum Gasteiger partial charge on any atom is 0.267 e. The van der Waals surface area contributed by atoms with Crippen molar-refractivity contribution in [1.82, 2.24) is 14.9 Å². The maximum absolute atomic E-state index is 12.3. The molecule has 1 aromatic carbocycles. The molecule has 25 heavy (non-hydrogen) atoms. The van der Waals surface area contributed by atoms with Gasteiger partial charge in [0.2, 0.25) is 10.0 Å². The highest BCUT2D eigenvalue weighted by molar-refractivity contribution is 7.89. The van der Waals surface area contributed by atoms with Gasteiger partial charge in [-0.2, -0.15) is 5.10 Å². The number of hydrogen-bond donors (Lipinski definition) is 2. The second-order valence-electron chi connectivity index (χ2n) is 5.59. The molecule has 2 heterocycles. The monoisotopic (exact) mass is 359 g/mol. The number of nitrogens with zero attached hydrogens (tertiary/aromatic N) is 1. The quantitative estimate of drug-likeness (QED) is 0.697. The van der Waals surface area contributed by atoms with Crippen LogP contribution in [-0.2, 0) is 23.0 Å². The SMILES string of the molecule is Cc1cc(Cc2ccc(S(=O)(=O)NCc3ccco3)cc2)c(=O)[nH]n1. The zero-order chi connectivity index (χ0) is 17.9. The van der Waals surface area contributed by atoms with E-state index in [1.54, 1.807) is 37.3 Å². The summed E-state index contributed by atoms with van der Waals surface area (Å²) in [6.45, 7) is 1.88. The Bertz CT molecular complexity index is 1010. The Morgan fingerprint density at radius 2 is 1.96 bits per heavy atom.